The molecule has 0 saturated heterocycles. The number of aliphatic imine (C=N–C) groups is 2. The highest BCUT2D eigenvalue weighted by molar-refractivity contribution is 6.42. The van der Waals surface area contributed by atoms with E-state index in [1.54, 1.807) is 0 Å². The summed E-state index contributed by atoms with van der Waals surface area (Å²) >= 11 is 0. The van der Waals surface area contributed by atoms with Crippen molar-refractivity contribution in [3.63, 3.8) is 0 Å². The van der Waals surface area contributed by atoms with Crippen molar-refractivity contribution in [2.24, 2.45) is 9.98 Å². The molecule has 0 aliphatic heterocycles. The molecule has 0 saturated carbocycles. The Morgan fingerprint density at radius 3 is 1.75 bits per heavy atom. The lowest BCUT2D eigenvalue weighted by molar-refractivity contribution is 0.607. The second-order valence-corrected chi connectivity index (χ2v) is 12.6. The van der Waals surface area contributed by atoms with Gasteiger partial charge in [-0.25, -0.2) is 0 Å². The van der Waals surface area contributed by atoms with Crippen LogP contribution in [0.3, 0.4) is 0 Å². The standard InChI is InChI=1S/C42H60N2/c1-8-13-16-17-18-20-27-36-29-38(28-35(32(36)6)23-14-9-2)44-42(12-5)33(7)43-39-30-37(24-15-10-3)40(11-4)41(31-39)34-25-21-19-22-26-34/h19,21-22,25-26,28-31H,8-18,20,23-24,27H2,1-7H3. The Balaban J connectivity index is 1.99. The molecule has 0 bridgehead atoms. The van der Waals surface area contributed by atoms with Crippen LogP contribution >= 0.6 is 0 Å². The first-order chi connectivity index (χ1) is 21.4. The van der Waals surface area contributed by atoms with Gasteiger partial charge in [0.2, 0.25) is 0 Å². The van der Waals surface area contributed by atoms with E-state index in [-0.39, 0.29) is 0 Å². The van der Waals surface area contributed by atoms with Gasteiger partial charge in [-0.2, -0.15) is 0 Å². The van der Waals surface area contributed by atoms with Crippen LogP contribution in [0.5, 0.6) is 0 Å². The molecule has 3 aromatic carbocycles. The molecule has 3 aromatic rings. The third kappa shape index (κ3) is 10.6. The minimum atomic E-state index is 0.863. The quantitative estimate of drug-likeness (QED) is 0.0977. The molecular formula is C42H60N2. The third-order valence-electron chi connectivity index (χ3n) is 9.09. The fourth-order valence-electron chi connectivity index (χ4n) is 6.36. The number of unbranched alkanes of at least 4 members (excludes halogenated alkanes) is 7. The van der Waals surface area contributed by atoms with Gasteiger partial charge >= 0.3 is 0 Å². The molecule has 238 valence electrons. The van der Waals surface area contributed by atoms with Gasteiger partial charge in [0.1, 0.15) is 0 Å². The molecule has 0 aliphatic rings. The monoisotopic (exact) mass is 592 g/mol. The fourth-order valence-corrected chi connectivity index (χ4v) is 6.36. The number of hydrogen-bond donors (Lipinski definition) is 0. The lowest BCUT2D eigenvalue weighted by Crippen LogP contribution is -2.09. The van der Waals surface area contributed by atoms with Gasteiger partial charge in [0.05, 0.1) is 22.8 Å². The van der Waals surface area contributed by atoms with Gasteiger partial charge in [0.25, 0.3) is 0 Å². The summed E-state index contributed by atoms with van der Waals surface area (Å²) in [4.78, 5) is 10.5. The van der Waals surface area contributed by atoms with E-state index in [2.05, 4.69) is 103 Å². The minimum Gasteiger partial charge on any atom is -0.252 e. The van der Waals surface area contributed by atoms with Gasteiger partial charge in [0.15, 0.2) is 0 Å². The number of nitrogens with zero attached hydrogens (tertiary/aromatic N) is 2. The summed E-state index contributed by atoms with van der Waals surface area (Å²) < 4.78 is 0. The molecule has 0 fully saturated rings. The Morgan fingerprint density at radius 2 is 1.14 bits per heavy atom. The van der Waals surface area contributed by atoms with Gasteiger partial charge in [-0.05, 0) is 128 Å². The van der Waals surface area contributed by atoms with E-state index < -0.39 is 0 Å². The molecule has 2 nitrogen and oxygen atoms in total. The molecule has 0 amide bonds. The van der Waals surface area contributed by atoms with Crippen LogP contribution in [-0.2, 0) is 25.7 Å². The predicted molar refractivity (Wildman–Crippen MR) is 197 cm³/mol. The van der Waals surface area contributed by atoms with Crippen LogP contribution < -0.4 is 0 Å². The van der Waals surface area contributed by atoms with Gasteiger partial charge in [-0.1, -0.05) is 110 Å². The SMILES string of the molecule is CCCCCCCCc1cc(N=C(CC)C(C)=Nc2cc(CCCC)c(CC)c(-c3ccccc3)c2)cc(CCCC)c1C. The van der Waals surface area contributed by atoms with E-state index in [1.807, 2.05) is 0 Å². The molecule has 0 spiro atoms. The minimum absolute atomic E-state index is 0.863. The molecule has 0 heterocycles. The summed E-state index contributed by atoms with van der Waals surface area (Å²) in [6.07, 6.45) is 18.1. The van der Waals surface area contributed by atoms with Crippen LogP contribution in [0, 0.1) is 6.92 Å². The van der Waals surface area contributed by atoms with Crippen molar-refractivity contribution in [3.05, 3.63) is 82.4 Å². The maximum absolute atomic E-state index is 5.28. The molecule has 0 aromatic heterocycles. The van der Waals surface area contributed by atoms with Gasteiger partial charge in [0, 0.05) is 0 Å². The van der Waals surface area contributed by atoms with Crippen LogP contribution in [-0.4, -0.2) is 11.4 Å². The first kappa shape index (κ1) is 35.5. The summed E-state index contributed by atoms with van der Waals surface area (Å²) in [6.45, 7) is 15.8. The van der Waals surface area contributed by atoms with Gasteiger partial charge in [-0.15, -0.1) is 0 Å². The van der Waals surface area contributed by atoms with Crippen molar-refractivity contribution in [2.75, 3.05) is 0 Å². The van der Waals surface area contributed by atoms with E-state index in [9.17, 15) is 0 Å². The fraction of sp³-hybridized carbons (Fsp3) is 0.524. The molecule has 3 rings (SSSR count). The van der Waals surface area contributed by atoms with E-state index in [4.69, 9.17) is 9.98 Å². The molecule has 0 N–H and O–H groups in total. The highest BCUT2D eigenvalue weighted by Gasteiger charge is 2.13. The lowest BCUT2D eigenvalue weighted by atomic mass is 9.90. The summed E-state index contributed by atoms with van der Waals surface area (Å²) in [5.41, 5.74) is 14.2. The Bertz CT molecular complexity index is 1350. The van der Waals surface area contributed by atoms with Crippen LogP contribution in [0.15, 0.2) is 64.6 Å². The third-order valence-corrected chi connectivity index (χ3v) is 9.09. The van der Waals surface area contributed by atoms with E-state index in [1.165, 1.54) is 103 Å². The topological polar surface area (TPSA) is 24.7 Å². The van der Waals surface area contributed by atoms with Crippen LogP contribution in [0.1, 0.15) is 140 Å². The second kappa shape index (κ2) is 19.4. The number of hydrogen-bond acceptors (Lipinski definition) is 2. The van der Waals surface area contributed by atoms with Crippen molar-refractivity contribution in [1.82, 2.24) is 0 Å². The smallest absolute Gasteiger partial charge is 0.0642 e. The number of aryl methyl sites for hydroxylation is 3. The Hall–Kier alpha value is -3.00. The van der Waals surface area contributed by atoms with E-state index >= 15 is 0 Å². The molecule has 0 aliphatic carbocycles. The second-order valence-electron chi connectivity index (χ2n) is 12.6. The van der Waals surface area contributed by atoms with Gasteiger partial charge in [-0.3, -0.25) is 9.98 Å². The van der Waals surface area contributed by atoms with E-state index in [0.717, 1.165) is 54.9 Å². The largest absolute Gasteiger partial charge is 0.252 e. The average molecular weight is 593 g/mol. The van der Waals surface area contributed by atoms with E-state index in [0.29, 0.717) is 0 Å². The number of rotatable bonds is 19. The maximum Gasteiger partial charge on any atom is 0.0642 e. The highest BCUT2D eigenvalue weighted by atomic mass is 14.8. The zero-order chi connectivity index (χ0) is 31.7. The molecule has 2 heteroatoms. The normalized spacial score (nSPS) is 12.2. The van der Waals surface area contributed by atoms with Crippen molar-refractivity contribution >= 4 is 22.8 Å². The number of benzene rings is 3. The van der Waals surface area contributed by atoms with Crippen LogP contribution in [0.25, 0.3) is 11.1 Å². The molecule has 44 heavy (non-hydrogen) atoms. The van der Waals surface area contributed by atoms with Crippen molar-refractivity contribution < 1.29 is 0 Å². The lowest BCUT2D eigenvalue weighted by Gasteiger charge is -2.16. The summed E-state index contributed by atoms with van der Waals surface area (Å²) in [5, 5.41) is 0. The molecular weight excluding hydrogens is 532 g/mol. The Morgan fingerprint density at radius 1 is 0.591 bits per heavy atom. The van der Waals surface area contributed by atoms with Crippen molar-refractivity contribution in [2.45, 2.75) is 145 Å². The zero-order valence-electron chi connectivity index (χ0n) is 29.2. The predicted octanol–water partition coefficient (Wildman–Crippen LogP) is 13.1. The summed E-state index contributed by atoms with van der Waals surface area (Å²) in [6, 6.07) is 20.2. The van der Waals surface area contributed by atoms with Gasteiger partial charge < -0.3 is 0 Å². The Labute approximate surface area is 270 Å². The van der Waals surface area contributed by atoms with Crippen molar-refractivity contribution in [3.8, 4) is 11.1 Å². The van der Waals surface area contributed by atoms with Crippen molar-refractivity contribution in [1.29, 1.82) is 0 Å². The molecule has 0 atom stereocenters. The average Bonchev–Trinajstić information content (AvgIpc) is 3.04. The van der Waals surface area contributed by atoms with Crippen LogP contribution in [0.2, 0.25) is 0 Å². The molecule has 0 radical (unpaired) electrons. The Kier molecular flexibility index (Phi) is 15.6. The summed E-state index contributed by atoms with van der Waals surface area (Å²) in [7, 11) is 0. The first-order valence-electron chi connectivity index (χ1n) is 17.9. The molecule has 0 unspecified atom stereocenters. The maximum atomic E-state index is 5.28. The highest BCUT2D eigenvalue weighted by Crippen LogP contribution is 2.33. The zero-order valence-corrected chi connectivity index (χ0v) is 29.2. The first-order valence-corrected chi connectivity index (χ1v) is 17.9. The van der Waals surface area contributed by atoms with Crippen LogP contribution in [0.4, 0.5) is 11.4 Å². The summed E-state index contributed by atoms with van der Waals surface area (Å²) in [5.74, 6) is 0.